The van der Waals surface area contributed by atoms with Gasteiger partial charge < -0.3 is 14.5 Å². The topological polar surface area (TPSA) is 83.6 Å². The molecule has 1 aromatic rings. The van der Waals surface area contributed by atoms with Gasteiger partial charge in [0.2, 0.25) is 5.91 Å². The SMILES string of the molecule is Cc1noc(C)c1CN(C)C(=O)[C@H]1[C@@H](C(=O)O)C1(C)C. The van der Waals surface area contributed by atoms with Crippen molar-refractivity contribution in [1.29, 1.82) is 0 Å². The Morgan fingerprint density at radius 1 is 1.35 bits per heavy atom. The minimum Gasteiger partial charge on any atom is -0.481 e. The van der Waals surface area contributed by atoms with Crippen molar-refractivity contribution in [3.63, 3.8) is 0 Å². The maximum atomic E-state index is 12.4. The lowest BCUT2D eigenvalue weighted by atomic mass is 10.1. The smallest absolute Gasteiger partial charge is 0.307 e. The first-order valence-corrected chi connectivity index (χ1v) is 6.57. The fraction of sp³-hybridized carbons (Fsp3) is 0.643. The molecule has 1 fully saturated rings. The van der Waals surface area contributed by atoms with Crippen LogP contribution in [0.1, 0.15) is 30.9 Å². The van der Waals surface area contributed by atoms with E-state index in [1.54, 1.807) is 18.9 Å². The van der Waals surface area contributed by atoms with Crippen LogP contribution in [0.2, 0.25) is 0 Å². The minimum atomic E-state index is -0.904. The molecule has 20 heavy (non-hydrogen) atoms. The van der Waals surface area contributed by atoms with Crippen LogP contribution in [-0.4, -0.2) is 34.1 Å². The molecule has 110 valence electrons. The van der Waals surface area contributed by atoms with Crippen LogP contribution in [0.3, 0.4) is 0 Å². The van der Waals surface area contributed by atoms with Gasteiger partial charge in [-0.1, -0.05) is 19.0 Å². The van der Waals surface area contributed by atoms with E-state index in [2.05, 4.69) is 5.16 Å². The monoisotopic (exact) mass is 280 g/mol. The van der Waals surface area contributed by atoms with Gasteiger partial charge in [-0.3, -0.25) is 9.59 Å². The Morgan fingerprint density at radius 3 is 2.35 bits per heavy atom. The molecule has 1 saturated carbocycles. The largest absolute Gasteiger partial charge is 0.481 e. The number of carboxylic acid groups (broad SMARTS) is 1. The molecule has 1 aliphatic rings. The van der Waals surface area contributed by atoms with Crippen molar-refractivity contribution in [2.75, 3.05) is 7.05 Å². The summed E-state index contributed by atoms with van der Waals surface area (Å²) in [5, 5.41) is 13.0. The van der Waals surface area contributed by atoms with Gasteiger partial charge in [-0.25, -0.2) is 0 Å². The Labute approximate surface area is 117 Å². The highest BCUT2D eigenvalue weighted by atomic mass is 16.5. The van der Waals surface area contributed by atoms with Crippen LogP contribution in [0, 0.1) is 31.1 Å². The van der Waals surface area contributed by atoms with E-state index in [1.165, 1.54) is 0 Å². The molecule has 2 rings (SSSR count). The number of aromatic nitrogens is 1. The van der Waals surface area contributed by atoms with E-state index in [-0.39, 0.29) is 5.91 Å². The number of amides is 1. The van der Waals surface area contributed by atoms with Crippen molar-refractivity contribution in [3.05, 3.63) is 17.0 Å². The molecule has 1 N–H and O–H groups in total. The van der Waals surface area contributed by atoms with E-state index in [9.17, 15) is 9.59 Å². The Hall–Kier alpha value is -1.85. The van der Waals surface area contributed by atoms with Crippen molar-refractivity contribution in [1.82, 2.24) is 10.1 Å². The fourth-order valence-corrected chi connectivity index (χ4v) is 2.84. The summed E-state index contributed by atoms with van der Waals surface area (Å²) in [5.41, 5.74) is 1.16. The average molecular weight is 280 g/mol. The lowest BCUT2D eigenvalue weighted by Gasteiger charge is -2.17. The molecule has 0 bridgehead atoms. The molecule has 0 aromatic carbocycles. The molecule has 0 radical (unpaired) electrons. The third-order valence-corrected chi connectivity index (χ3v) is 4.31. The fourth-order valence-electron chi connectivity index (χ4n) is 2.84. The van der Waals surface area contributed by atoms with E-state index >= 15 is 0 Å². The molecule has 0 spiro atoms. The Morgan fingerprint density at radius 2 is 1.95 bits per heavy atom. The van der Waals surface area contributed by atoms with Gasteiger partial charge in [0.05, 0.1) is 24.1 Å². The summed E-state index contributed by atoms with van der Waals surface area (Å²) in [6, 6.07) is 0. The Kier molecular flexibility index (Phi) is 3.36. The maximum Gasteiger partial charge on any atom is 0.307 e. The lowest BCUT2D eigenvalue weighted by molar-refractivity contribution is -0.141. The number of aryl methyl sites for hydroxylation is 2. The summed E-state index contributed by atoms with van der Waals surface area (Å²) >= 11 is 0. The summed E-state index contributed by atoms with van der Waals surface area (Å²) in [6.07, 6.45) is 0. The molecule has 0 aliphatic heterocycles. The van der Waals surface area contributed by atoms with Gasteiger partial charge in [0, 0.05) is 12.6 Å². The third kappa shape index (κ3) is 2.19. The quantitative estimate of drug-likeness (QED) is 0.905. The van der Waals surface area contributed by atoms with E-state index in [4.69, 9.17) is 9.63 Å². The van der Waals surface area contributed by atoms with Gasteiger partial charge in [0.15, 0.2) is 0 Å². The molecular weight excluding hydrogens is 260 g/mol. The molecule has 1 amide bonds. The zero-order chi connectivity index (χ0) is 15.2. The predicted molar refractivity (Wildman–Crippen MR) is 70.8 cm³/mol. The van der Waals surface area contributed by atoms with Gasteiger partial charge >= 0.3 is 5.97 Å². The molecule has 0 saturated heterocycles. The van der Waals surface area contributed by atoms with Crippen LogP contribution in [0.15, 0.2) is 4.52 Å². The van der Waals surface area contributed by atoms with Gasteiger partial charge in [0.1, 0.15) is 5.76 Å². The Balaban J connectivity index is 2.10. The standard InChI is InChI=1S/C14H20N2O4/c1-7-9(8(2)20-15-7)6-16(5)12(17)10-11(13(18)19)14(10,3)4/h10-11H,6H2,1-5H3,(H,18,19)/t10-,11+/m1/s1. The van der Waals surface area contributed by atoms with Crippen molar-refractivity contribution in [2.45, 2.75) is 34.2 Å². The van der Waals surface area contributed by atoms with Crippen LogP contribution in [0.4, 0.5) is 0 Å². The third-order valence-electron chi connectivity index (χ3n) is 4.31. The normalized spacial score (nSPS) is 23.4. The summed E-state index contributed by atoms with van der Waals surface area (Å²) < 4.78 is 5.07. The van der Waals surface area contributed by atoms with Crippen molar-refractivity contribution in [3.8, 4) is 0 Å². The van der Waals surface area contributed by atoms with E-state index in [1.807, 2.05) is 20.8 Å². The summed E-state index contributed by atoms with van der Waals surface area (Å²) in [5.74, 6) is -1.40. The van der Waals surface area contributed by atoms with Crippen molar-refractivity contribution < 1.29 is 19.2 Å². The van der Waals surface area contributed by atoms with Crippen LogP contribution in [0.5, 0.6) is 0 Å². The number of hydrogen-bond donors (Lipinski definition) is 1. The molecule has 1 aromatic heterocycles. The first kappa shape index (κ1) is 14.6. The number of nitrogens with zero attached hydrogens (tertiary/aromatic N) is 2. The second-order valence-electron chi connectivity index (χ2n) is 6.11. The highest BCUT2D eigenvalue weighted by Crippen LogP contribution is 2.59. The molecule has 1 aliphatic carbocycles. The highest BCUT2D eigenvalue weighted by Gasteiger charge is 2.66. The van der Waals surface area contributed by atoms with Gasteiger partial charge in [0.25, 0.3) is 0 Å². The minimum absolute atomic E-state index is 0.137. The molecular formula is C14H20N2O4. The number of hydrogen-bond acceptors (Lipinski definition) is 4. The Bertz CT molecular complexity index is 542. The lowest BCUT2D eigenvalue weighted by Crippen LogP contribution is -2.30. The maximum absolute atomic E-state index is 12.4. The van der Waals surface area contributed by atoms with Crippen LogP contribution >= 0.6 is 0 Å². The predicted octanol–water partition coefficient (Wildman–Crippen LogP) is 1.61. The van der Waals surface area contributed by atoms with Crippen molar-refractivity contribution >= 4 is 11.9 Å². The van der Waals surface area contributed by atoms with Gasteiger partial charge in [-0.2, -0.15) is 0 Å². The number of carboxylic acids is 1. The zero-order valence-corrected chi connectivity index (χ0v) is 12.4. The number of carbonyl (C=O) groups is 2. The van der Waals surface area contributed by atoms with E-state index < -0.39 is 23.2 Å². The second-order valence-corrected chi connectivity index (χ2v) is 6.11. The summed E-state index contributed by atoms with van der Waals surface area (Å²) in [4.78, 5) is 25.1. The first-order valence-electron chi connectivity index (χ1n) is 6.57. The highest BCUT2D eigenvalue weighted by molar-refractivity contribution is 5.91. The van der Waals surface area contributed by atoms with Crippen molar-refractivity contribution in [2.24, 2.45) is 17.3 Å². The molecule has 6 nitrogen and oxygen atoms in total. The van der Waals surface area contributed by atoms with Gasteiger partial charge in [-0.05, 0) is 19.3 Å². The van der Waals surface area contributed by atoms with Crippen LogP contribution in [-0.2, 0) is 16.1 Å². The summed E-state index contributed by atoms with van der Waals surface area (Å²) in [7, 11) is 1.68. The second kappa shape index (κ2) is 4.61. The molecule has 1 heterocycles. The van der Waals surface area contributed by atoms with Gasteiger partial charge in [-0.15, -0.1) is 0 Å². The number of aliphatic carboxylic acids is 1. The zero-order valence-electron chi connectivity index (χ0n) is 12.4. The number of rotatable bonds is 4. The van der Waals surface area contributed by atoms with Crippen LogP contribution < -0.4 is 0 Å². The van der Waals surface area contributed by atoms with Crippen LogP contribution in [0.25, 0.3) is 0 Å². The summed E-state index contributed by atoms with van der Waals surface area (Å²) in [6.45, 7) is 7.65. The molecule has 0 unspecified atom stereocenters. The first-order chi connectivity index (χ1) is 9.17. The number of carbonyl (C=O) groups excluding carboxylic acids is 1. The van der Waals surface area contributed by atoms with E-state index in [0.717, 1.165) is 11.3 Å². The van der Waals surface area contributed by atoms with E-state index in [0.29, 0.717) is 12.3 Å². The molecule has 2 atom stereocenters. The average Bonchev–Trinajstić information content (AvgIpc) is 2.81. The molecule has 6 heteroatoms.